The molecule has 0 aliphatic carbocycles. The summed E-state index contributed by atoms with van der Waals surface area (Å²) < 4.78 is 5.79. The van der Waals surface area contributed by atoms with E-state index in [1.54, 1.807) is 12.1 Å². The van der Waals surface area contributed by atoms with Crippen LogP contribution in [0.25, 0.3) is 16.8 Å². The van der Waals surface area contributed by atoms with Gasteiger partial charge in [-0.05, 0) is 53.4 Å². The minimum atomic E-state index is -0.833. The molecule has 1 fully saturated rings. The molecule has 4 rings (SSSR count). The van der Waals surface area contributed by atoms with E-state index >= 15 is 0 Å². The Labute approximate surface area is 213 Å². The first-order chi connectivity index (χ1) is 15.0. The first-order valence-electron chi connectivity index (χ1n) is 9.57. The topological polar surface area (TPSA) is 88.0 Å². The van der Waals surface area contributed by atoms with Crippen LogP contribution in [0.15, 0.2) is 70.6 Å². The van der Waals surface area contributed by atoms with Gasteiger partial charge >= 0.3 is 29.6 Å². The van der Waals surface area contributed by atoms with Gasteiger partial charge in [-0.25, -0.2) is 0 Å². The Bertz CT molecular complexity index is 1160. The standard InChI is InChI=1S/C22H17N2O2S.C2H4O2.Na/c1-2-26-19-13-16-9-7-6-8-15(16)12-17(19)14-20-21(25)24-22(27-20)23-18-10-4-3-5-11-18;1-2(3)4;/h4-14H,2H2,1H3,(H,23,24,25);1H3,(H,3,4);/q-1;;+1. The first kappa shape index (κ1) is 25.7. The SMILES string of the molecule is CC(=O)O.CCOc1cc2ccccc2cc1C=C1SC(=Nc2cc[c-]cc2)NC1=O.[Na+]. The van der Waals surface area contributed by atoms with Crippen LogP contribution in [0.2, 0.25) is 0 Å². The minimum Gasteiger partial charge on any atom is -0.493 e. The van der Waals surface area contributed by atoms with E-state index < -0.39 is 5.97 Å². The van der Waals surface area contributed by atoms with E-state index in [0.717, 1.165) is 34.7 Å². The molecule has 1 aliphatic heterocycles. The first-order valence-corrected chi connectivity index (χ1v) is 10.4. The maximum Gasteiger partial charge on any atom is 1.00 e. The summed E-state index contributed by atoms with van der Waals surface area (Å²) in [4.78, 5) is 26.4. The Balaban J connectivity index is 0.000000672. The van der Waals surface area contributed by atoms with Crippen molar-refractivity contribution in [2.24, 2.45) is 4.99 Å². The molecule has 1 amide bonds. The van der Waals surface area contributed by atoms with Gasteiger partial charge in [-0.2, -0.15) is 18.2 Å². The number of nitrogens with zero attached hydrogens (tertiary/aromatic N) is 1. The van der Waals surface area contributed by atoms with Crippen molar-refractivity contribution < 1.29 is 49.0 Å². The zero-order valence-electron chi connectivity index (χ0n) is 18.1. The largest absolute Gasteiger partial charge is 1.00 e. The predicted octanol–water partition coefficient (Wildman–Crippen LogP) is 2.03. The summed E-state index contributed by atoms with van der Waals surface area (Å²) >= 11 is 1.33. The van der Waals surface area contributed by atoms with Crippen LogP contribution >= 0.6 is 11.8 Å². The molecule has 0 aromatic heterocycles. The van der Waals surface area contributed by atoms with E-state index in [9.17, 15) is 4.79 Å². The Morgan fingerprint density at radius 3 is 2.44 bits per heavy atom. The summed E-state index contributed by atoms with van der Waals surface area (Å²) in [6, 6.07) is 22.4. The van der Waals surface area contributed by atoms with Crippen LogP contribution in [0.3, 0.4) is 0 Å². The molecule has 0 spiro atoms. The van der Waals surface area contributed by atoms with Gasteiger partial charge in [-0.15, -0.1) is 12.1 Å². The zero-order chi connectivity index (χ0) is 22.2. The third-order valence-corrected chi connectivity index (χ3v) is 4.96. The van der Waals surface area contributed by atoms with Gasteiger partial charge in [0.05, 0.1) is 11.5 Å². The van der Waals surface area contributed by atoms with E-state index in [-0.39, 0.29) is 35.5 Å². The summed E-state index contributed by atoms with van der Waals surface area (Å²) in [5.41, 5.74) is 1.65. The number of carbonyl (C=O) groups is 2. The molecule has 0 saturated carbocycles. The molecule has 3 aromatic rings. The molecular weight excluding hydrogens is 435 g/mol. The fourth-order valence-electron chi connectivity index (χ4n) is 2.82. The second-order valence-electron chi connectivity index (χ2n) is 6.43. The number of amides is 1. The number of carboxylic acids is 1. The molecule has 0 radical (unpaired) electrons. The monoisotopic (exact) mass is 456 g/mol. The fraction of sp³-hybridized carbons (Fsp3) is 0.125. The average molecular weight is 456 g/mol. The summed E-state index contributed by atoms with van der Waals surface area (Å²) in [6.07, 6.45) is 1.86. The van der Waals surface area contributed by atoms with E-state index in [1.807, 2.05) is 61.5 Å². The number of carbonyl (C=O) groups excluding carboxylic acids is 1. The number of nitrogens with one attached hydrogen (secondary N) is 1. The number of carboxylic acid groups (broad SMARTS) is 1. The van der Waals surface area contributed by atoms with Crippen LogP contribution in [-0.4, -0.2) is 28.8 Å². The minimum absolute atomic E-state index is 0. The number of benzene rings is 3. The maximum atomic E-state index is 12.4. The molecule has 6 nitrogen and oxygen atoms in total. The van der Waals surface area contributed by atoms with Crippen molar-refractivity contribution in [2.45, 2.75) is 13.8 Å². The maximum absolute atomic E-state index is 12.4. The van der Waals surface area contributed by atoms with Gasteiger partial charge in [-0.3, -0.25) is 14.6 Å². The number of rotatable bonds is 4. The van der Waals surface area contributed by atoms with Crippen LogP contribution in [-0.2, 0) is 9.59 Å². The number of ether oxygens (including phenoxy) is 1. The van der Waals surface area contributed by atoms with Crippen molar-refractivity contribution in [3.63, 3.8) is 0 Å². The van der Waals surface area contributed by atoms with Gasteiger partial charge in [0.2, 0.25) is 0 Å². The van der Waals surface area contributed by atoms with Gasteiger partial charge in [0, 0.05) is 12.5 Å². The molecular formula is C24H21N2NaO4S. The third-order valence-electron chi connectivity index (χ3n) is 4.05. The van der Waals surface area contributed by atoms with E-state index in [0.29, 0.717) is 16.7 Å². The predicted molar refractivity (Wildman–Crippen MR) is 125 cm³/mol. The molecule has 0 unspecified atom stereocenters. The van der Waals surface area contributed by atoms with Crippen molar-refractivity contribution in [1.82, 2.24) is 5.32 Å². The third kappa shape index (κ3) is 7.24. The van der Waals surface area contributed by atoms with E-state index in [4.69, 9.17) is 14.6 Å². The summed E-state index contributed by atoms with van der Waals surface area (Å²) in [7, 11) is 0. The number of aliphatic imine (C=N–C) groups is 1. The molecule has 0 bridgehead atoms. The molecule has 32 heavy (non-hydrogen) atoms. The van der Waals surface area contributed by atoms with Gasteiger partial charge < -0.3 is 15.2 Å². The molecule has 1 aliphatic rings. The van der Waals surface area contributed by atoms with Gasteiger partial charge in [0.25, 0.3) is 11.9 Å². The molecule has 1 saturated heterocycles. The molecule has 0 atom stereocenters. The number of amidine groups is 1. The second-order valence-corrected chi connectivity index (χ2v) is 7.46. The van der Waals surface area contributed by atoms with Crippen molar-refractivity contribution in [3.05, 3.63) is 77.2 Å². The van der Waals surface area contributed by atoms with E-state index in [2.05, 4.69) is 16.4 Å². The van der Waals surface area contributed by atoms with Crippen LogP contribution in [0.5, 0.6) is 5.75 Å². The average Bonchev–Trinajstić information content (AvgIpc) is 3.07. The number of hydrogen-bond acceptors (Lipinski definition) is 5. The van der Waals surface area contributed by atoms with Crippen molar-refractivity contribution in [2.75, 3.05) is 6.61 Å². The van der Waals surface area contributed by atoms with Crippen molar-refractivity contribution in [1.29, 1.82) is 0 Å². The van der Waals surface area contributed by atoms with Crippen LogP contribution in [0, 0.1) is 6.07 Å². The number of aliphatic carboxylic acids is 1. The second kappa shape index (κ2) is 12.5. The summed E-state index contributed by atoms with van der Waals surface area (Å²) in [5.74, 6) is -0.224. The van der Waals surface area contributed by atoms with Crippen molar-refractivity contribution >= 4 is 51.3 Å². The Hall–Kier alpha value is -2.58. The van der Waals surface area contributed by atoms with E-state index in [1.165, 1.54) is 11.8 Å². The summed E-state index contributed by atoms with van der Waals surface area (Å²) in [6.45, 7) is 3.59. The molecule has 3 aromatic carbocycles. The summed E-state index contributed by atoms with van der Waals surface area (Å²) in [5, 5.41) is 13.0. The number of hydrogen-bond donors (Lipinski definition) is 2. The quantitative estimate of drug-likeness (QED) is 0.356. The molecule has 158 valence electrons. The number of thioether (sulfide) groups is 1. The van der Waals surface area contributed by atoms with Gasteiger partial charge in [0.15, 0.2) is 5.17 Å². The van der Waals surface area contributed by atoms with Crippen LogP contribution in [0.4, 0.5) is 5.69 Å². The fourth-order valence-corrected chi connectivity index (χ4v) is 3.65. The smallest absolute Gasteiger partial charge is 0.493 e. The number of fused-ring (bicyclic) bond motifs is 1. The van der Waals surface area contributed by atoms with Crippen LogP contribution < -0.4 is 39.6 Å². The van der Waals surface area contributed by atoms with Gasteiger partial charge in [-0.1, -0.05) is 24.3 Å². The Morgan fingerprint density at radius 1 is 1.19 bits per heavy atom. The van der Waals surface area contributed by atoms with Crippen LogP contribution in [0.1, 0.15) is 19.4 Å². The molecule has 2 N–H and O–H groups in total. The van der Waals surface area contributed by atoms with Gasteiger partial charge in [0.1, 0.15) is 5.75 Å². The zero-order valence-corrected chi connectivity index (χ0v) is 20.9. The van der Waals surface area contributed by atoms with Crippen molar-refractivity contribution in [3.8, 4) is 5.75 Å². The normalized spacial score (nSPS) is 15.0. The molecule has 1 heterocycles. The molecule has 8 heteroatoms. The Morgan fingerprint density at radius 2 is 1.81 bits per heavy atom. The Kier molecular flexibility index (Phi) is 9.99.